The second kappa shape index (κ2) is 14.8. The van der Waals surface area contributed by atoms with Crippen molar-refractivity contribution >= 4 is 78.0 Å². The summed E-state index contributed by atoms with van der Waals surface area (Å²) in [5, 5.41) is 4.29. The van der Waals surface area contributed by atoms with Crippen molar-refractivity contribution in [1.29, 1.82) is 0 Å². The Kier molecular flexibility index (Phi) is 8.79. The van der Waals surface area contributed by atoms with Crippen molar-refractivity contribution in [3.63, 3.8) is 0 Å². The van der Waals surface area contributed by atoms with Gasteiger partial charge in [-0.1, -0.05) is 120 Å². The van der Waals surface area contributed by atoms with E-state index in [1.54, 1.807) is 0 Å². The van der Waals surface area contributed by atoms with Gasteiger partial charge in [0, 0.05) is 44.6 Å². The van der Waals surface area contributed by atoms with Gasteiger partial charge in [-0.15, -0.1) is 0 Å². The maximum atomic E-state index is 6.90. The van der Waals surface area contributed by atoms with Crippen LogP contribution in [0.1, 0.15) is 16.7 Å². The SMILES string of the molecule is Cc1ccc(N(c2ccccc2)c2ccc(-c3cc(C)cc(-c4ccc(N(c5ccccc5)c5ccc(C)cc5)c5c4oc4ccccc45)c3)c3oc4ccccc4c23)cc1. The van der Waals surface area contributed by atoms with Crippen LogP contribution in [0.25, 0.3) is 66.1 Å². The van der Waals surface area contributed by atoms with E-state index in [0.717, 1.165) is 106 Å². The average Bonchev–Trinajstić information content (AvgIpc) is 3.89. The number of para-hydroxylation sites is 4. The van der Waals surface area contributed by atoms with E-state index in [1.807, 2.05) is 12.1 Å². The van der Waals surface area contributed by atoms with Crippen molar-refractivity contribution in [3.8, 4) is 22.3 Å². The summed E-state index contributed by atoms with van der Waals surface area (Å²) < 4.78 is 13.8. The highest BCUT2D eigenvalue weighted by molar-refractivity contribution is 6.19. The lowest BCUT2D eigenvalue weighted by molar-refractivity contribution is 0.670. The lowest BCUT2D eigenvalue weighted by atomic mass is 9.93. The van der Waals surface area contributed by atoms with Gasteiger partial charge < -0.3 is 18.6 Å². The number of furan rings is 2. The number of benzene rings is 9. The summed E-state index contributed by atoms with van der Waals surface area (Å²) in [7, 11) is 0. The second-order valence-corrected chi connectivity index (χ2v) is 16.0. The van der Waals surface area contributed by atoms with Gasteiger partial charge in [-0.05, 0) is 128 Å². The van der Waals surface area contributed by atoms with Gasteiger partial charge in [-0.2, -0.15) is 0 Å². The minimum absolute atomic E-state index is 0.851. The van der Waals surface area contributed by atoms with Gasteiger partial charge in [0.25, 0.3) is 0 Å². The van der Waals surface area contributed by atoms with Crippen molar-refractivity contribution < 1.29 is 8.83 Å². The van der Waals surface area contributed by atoms with Crippen LogP contribution in [0.4, 0.5) is 34.1 Å². The number of fused-ring (bicyclic) bond motifs is 6. The van der Waals surface area contributed by atoms with Crippen LogP contribution in [0.3, 0.4) is 0 Å². The Morgan fingerprint density at radius 2 is 0.705 bits per heavy atom. The number of rotatable bonds is 8. The van der Waals surface area contributed by atoms with E-state index in [0.29, 0.717) is 0 Å². The molecule has 0 radical (unpaired) electrons. The van der Waals surface area contributed by atoms with Crippen LogP contribution in [0.15, 0.2) is 209 Å². The molecule has 0 amide bonds. The van der Waals surface area contributed by atoms with Crippen LogP contribution in [0, 0.1) is 20.8 Å². The smallest absolute Gasteiger partial charge is 0.145 e. The van der Waals surface area contributed by atoms with Crippen molar-refractivity contribution in [2.45, 2.75) is 20.8 Å². The fourth-order valence-electron chi connectivity index (χ4n) is 8.94. The zero-order valence-corrected chi connectivity index (χ0v) is 34.3. The van der Waals surface area contributed by atoms with E-state index < -0.39 is 0 Å². The molecule has 0 aliphatic heterocycles. The van der Waals surface area contributed by atoms with Gasteiger partial charge in [0.2, 0.25) is 0 Å². The van der Waals surface area contributed by atoms with E-state index in [4.69, 9.17) is 8.83 Å². The van der Waals surface area contributed by atoms with Crippen LogP contribution in [-0.4, -0.2) is 0 Å². The molecule has 4 heteroatoms. The molecule has 0 saturated heterocycles. The van der Waals surface area contributed by atoms with Crippen LogP contribution < -0.4 is 9.80 Å². The fourth-order valence-corrected chi connectivity index (χ4v) is 8.94. The van der Waals surface area contributed by atoms with Crippen LogP contribution in [-0.2, 0) is 0 Å². The van der Waals surface area contributed by atoms with Crippen molar-refractivity contribution in [1.82, 2.24) is 0 Å². The Balaban J connectivity index is 1.12. The molecule has 0 saturated carbocycles. The topological polar surface area (TPSA) is 32.8 Å². The molecule has 0 aliphatic rings. The first kappa shape index (κ1) is 36.3. The first-order valence-electron chi connectivity index (χ1n) is 20.8. The highest BCUT2D eigenvalue weighted by atomic mass is 16.3. The maximum Gasteiger partial charge on any atom is 0.145 e. The maximum absolute atomic E-state index is 6.90. The summed E-state index contributed by atoms with van der Waals surface area (Å²) in [4.78, 5) is 4.68. The summed E-state index contributed by atoms with van der Waals surface area (Å²) in [6, 6.07) is 71.2. The Hall–Kier alpha value is -7.82. The molecule has 0 fully saturated rings. The molecule has 4 nitrogen and oxygen atoms in total. The van der Waals surface area contributed by atoms with Crippen LogP contribution in [0.5, 0.6) is 0 Å². The third-order valence-corrected chi connectivity index (χ3v) is 11.8. The summed E-state index contributed by atoms with van der Waals surface area (Å²) in [5.74, 6) is 0. The van der Waals surface area contributed by atoms with E-state index in [1.165, 1.54) is 11.1 Å². The molecule has 61 heavy (non-hydrogen) atoms. The molecule has 292 valence electrons. The molecule has 0 bridgehead atoms. The minimum Gasteiger partial charge on any atom is -0.455 e. The highest BCUT2D eigenvalue weighted by Gasteiger charge is 2.25. The second-order valence-electron chi connectivity index (χ2n) is 16.0. The van der Waals surface area contributed by atoms with E-state index in [2.05, 4.69) is 219 Å². The molecule has 0 atom stereocenters. The van der Waals surface area contributed by atoms with Gasteiger partial charge in [-0.25, -0.2) is 0 Å². The molecule has 9 aromatic carbocycles. The first-order chi connectivity index (χ1) is 30.0. The number of aryl methyl sites for hydroxylation is 3. The van der Waals surface area contributed by atoms with E-state index in [9.17, 15) is 0 Å². The molecule has 2 aromatic heterocycles. The third-order valence-electron chi connectivity index (χ3n) is 11.8. The van der Waals surface area contributed by atoms with Gasteiger partial charge in [0.15, 0.2) is 0 Å². The number of nitrogens with zero attached hydrogens (tertiary/aromatic N) is 2. The Morgan fingerprint density at radius 3 is 1.13 bits per heavy atom. The van der Waals surface area contributed by atoms with E-state index >= 15 is 0 Å². The van der Waals surface area contributed by atoms with E-state index in [-0.39, 0.29) is 0 Å². The minimum atomic E-state index is 0.851. The summed E-state index contributed by atoms with van der Waals surface area (Å²) in [6.07, 6.45) is 0. The number of anilines is 6. The van der Waals surface area contributed by atoms with Crippen LogP contribution >= 0.6 is 0 Å². The van der Waals surface area contributed by atoms with Crippen molar-refractivity contribution in [3.05, 3.63) is 217 Å². The van der Waals surface area contributed by atoms with Crippen LogP contribution in [0.2, 0.25) is 0 Å². The van der Waals surface area contributed by atoms with Gasteiger partial charge in [0.05, 0.1) is 22.1 Å². The Labute approximate surface area is 355 Å². The van der Waals surface area contributed by atoms with Crippen molar-refractivity contribution in [2.24, 2.45) is 0 Å². The third kappa shape index (κ3) is 6.32. The molecule has 0 aliphatic carbocycles. The zero-order chi connectivity index (χ0) is 41.0. The summed E-state index contributed by atoms with van der Waals surface area (Å²) in [6.45, 7) is 6.42. The summed E-state index contributed by atoms with van der Waals surface area (Å²) in [5.41, 5.74) is 17.6. The largest absolute Gasteiger partial charge is 0.455 e. The summed E-state index contributed by atoms with van der Waals surface area (Å²) >= 11 is 0. The number of hydrogen-bond acceptors (Lipinski definition) is 4. The lowest BCUT2D eigenvalue weighted by Crippen LogP contribution is -2.10. The van der Waals surface area contributed by atoms with Gasteiger partial charge >= 0.3 is 0 Å². The standard InChI is InChI=1S/C57H42N2O2/c1-37-22-26-44(27-23-37)58(42-14-6-4-7-15-42)50-32-30-46(56-54(50)48-18-10-12-20-52(48)60-56)40-34-39(3)35-41(36-40)47-31-33-51(55-49-19-11-13-21-53(49)61-57(47)55)59(43-16-8-5-9-17-43)45-28-24-38(2)25-29-45/h4-36H,1-3H3. The fraction of sp³-hybridized carbons (Fsp3) is 0.0526. The van der Waals surface area contributed by atoms with Gasteiger partial charge in [0.1, 0.15) is 22.3 Å². The van der Waals surface area contributed by atoms with Gasteiger partial charge in [-0.3, -0.25) is 0 Å². The zero-order valence-electron chi connectivity index (χ0n) is 34.3. The quantitative estimate of drug-likeness (QED) is 0.154. The molecule has 2 heterocycles. The molecular formula is C57H42N2O2. The number of hydrogen-bond donors (Lipinski definition) is 0. The molecule has 0 N–H and O–H groups in total. The van der Waals surface area contributed by atoms with Crippen molar-refractivity contribution in [2.75, 3.05) is 9.80 Å². The predicted molar refractivity (Wildman–Crippen MR) is 255 cm³/mol. The monoisotopic (exact) mass is 786 g/mol. The average molecular weight is 787 g/mol. The Morgan fingerprint density at radius 1 is 0.328 bits per heavy atom. The molecule has 11 rings (SSSR count). The molecule has 11 aromatic rings. The predicted octanol–water partition coefficient (Wildman–Crippen LogP) is 16.7. The lowest BCUT2D eigenvalue weighted by Gasteiger charge is -2.27. The molecule has 0 unspecified atom stereocenters. The highest BCUT2D eigenvalue weighted by Crippen LogP contribution is 2.49. The molecule has 0 spiro atoms. The normalized spacial score (nSPS) is 11.5. The molecular weight excluding hydrogens is 745 g/mol. The first-order valence-corrected chi connectivity index (χ1v) is 20.8. The Bertz CT molecular complexity index is 3160.